The van der Waals surface area contributed by atoms with Gasteiger partial charge < -0.3 is 10.5 Å². The summed E-state index contributed by atoms with van der Waals surface area (Å²) in [4.78, 5) is 0. The van der Waals surface area contributed by atoms with E-state index in [-0.39, 0.29) is 0 Å². The molecule has 0 bridgehead atoms. The van der Waals surface area contributed by atoms with Gasteiger partial charge in [0.25, 0.3) is 0 Å². The molecule has 6 heteroatoms. The first-order valence-electron chi connectivity index (χ1n) is 5.64. The molecule has 3 aromatic rings. The Kier molecular flexibility index (Phi) is 2.76. The van der Waals surface area contributed by atoms with Crippen LogP contribution in [0.25, 0.3) is 17.0 Å². The van der Waals surface area contributed by atoms with Crippen molar-refractivity contribution in [2.75, 3.05) is 12.8 Å². The molecule has 0 aliphatic rings. The molecule has 3 rings (SSSR count). The smallest absolute Gasteiger partial charge is 0.185 e. The number of hydrogen-bond acceptors (Lipinski definition) is 4. The fraction of sp³-hybridized carbons (Fsp3) is 0.0769. The Labute approximate surface area is 114 Å². The summed E-state index contributed by atoms with van der Waals surface area (Å²) < 4.78 is 6.94. The first-order valence-corrected chi connectivity index (χ1v) is 6.01. The third-order valence-corrected chi connectivity index (χ3v) is 3.24. The number of benzene rings is 1. The number of nitrogens with zero attached hydrogens (tertiary/aromatic N) is 3. The van der Waals surface area contributed by atoms with Gasteiger partial charge in [0.2, 0.25) is 0 Å². The van der Waals surface area contributed by atoms with E-state index >= 15 is 0 Å². The van der Waals surface area contributed by atoms with Gasteiger partial charge in [-0.15, -0.1) is 10.2 Å². The molecule has 2 heterocycles. The SMILES string of the molecule is COc1ccc(-c2nnc3c(N)c(Cl)ccn23)cc1. The van der Waals surface area contributed by atoms with Crippen molar-refractivity contribution in [2.45, 2.75) is 0 Å². The zero-order valence-corrected chi connectivity index (χ0v) is 10.9. The maximum absolute atomic E-state index is 5.96. The molecular formula is C13H11ClN4O. The molecule has 0 spiro atoms. The Morgan fingerprint density at radius 2 is 1.89 bits per heavy atom. The van der Waals surface area contributed by atoms with Crippen LogP contribution in [-0.2, 0) is 0 Å². The second kappa shape index (κ2) is 4.44. The highest BCUT2D eigenvalue weighted by Gasteiger charge is 2.11. The fourth-order valence-electron chi connectivity index (χ4n) is 1.89. The second-order valence-electron chi connectivity index (χ2n) is 4.02. The van der Waals surface area contributed by atoms with Crippen LogP contribution < -0.4 is 10.5 Å². The number of halogens is 1. The molecule has 0 unspecified atom stereocenters. The van der Waals surface area contributed by atoms with Crippen molar-refractivity contribution in [1.29, 1.82) is 0 Å². The van der Waals surface area contributed by atoms with Crippen molar-refractivity contribution in [3.05, 3.63) is 41.6 Å². The molecule has 2 N–H and O–H groups in total. The van der Waals surface area contributed by atoms with E-state index < -0.39 is 0 Å². The summed E-state index contributed by atoms with van der Waals surface area (Å²) >= 11 is 5.96. The zero-order chi connectivity index (χ0) is 13.4. The maximum atomic E-state index is 5.96. The number of hydrogen-bond donors (Lipinski definition) is 1. The highest BCUT2D eigenvalue weighted by atomic mass is 35.5. The van der Waals surface area contributed by atoms with Crippen LogP contribution in [0.15, 0.2) is 36.5 Å². The van der Waals surface area contributed by atoms with Crippen LogP contribution in [0.2, 0.25) is 5.02 Å². The lowest BCUT2D eigenvalue weighted by Crippen LogP contribution is -1.95. The molecule has 0 aliphatic carbocycles. The van der Waals surface area contributed by atoms with Crippen molar-refractivity contribution in [2.24, 2.45) is 0 Å². The molecule has 0 aliphatic heterocycles. The van der Waals surface area contributed by atoms with Crippen LogP contribution in [0, 0.1) is 0 Å². The monoisotopic (exact) mass is 274 g/mol. The molecule has 0 saturated carbocycles. The highest BCUT2D eigenvalue weighted by molar-refractivity contribution is 6.33. The van der Waals surface area contributed by atoms with Crippen LogP contribution in [-0.4, -0.2) is 21.7 Å². The Morgan fingerprint density at radius 1 is 1.16 bits per heavy atom. The highest BCUT2D eigenvalue weighted by Crippen LogP contribution is 2.27. The Bertz CT molecular complexity index is 736. The van der Waals surface area contributed by atoms with Gasteiger partial charge in [-0.3, -0.25) is 4.40 Å². The molecule has 5 nitrogen and oxygen atoms in total. The second-order valence-corrected chi connectivity index (χ2v) is 4.43. The van der Waals surface area contributed by atoms with Crippen LogP contribution in [0.5, 0.6) is 5.75 Å². The Balaban J connectivity index is 2.17. The average Bonchev–Trinajstić information content (AvgIpc) is 2.87. The van der Waals surface area contributed by atoms with Crippen LogP contribution in [0.1, 0.15) is 0 Å². The van der Waals surface area contributed by atoms with Gasteiger partial charge in [0.1, 0.15) is 5.75 Å². The topological polar surface area (TPSA) is 65.4 Å². The lowest BCUT2D eigenvalue weighted by molar-refractivity contribution is 0.415. The molecule has 0 saturated heterocycles. The van der Waals surface area contributed by atoms with Gasteiger partial charge in [-0.05, 0) is 30.3 Å². The minimum atomic E-state index is 0.427. The summed E-state index contributed by atoms with van der Waals surface area (Å²) in [6, 6.07) is 9.30. The minimum absolute atomic E-state index is 0.427. The summed E-state index contributed by atoms with van der Waals surface area (Å²) in [6.45, 7) is 0. The standard InChI is InChI=1S/C13H11ClN4O/c1-19-9-4-2-8(3-5-9)12-16-17-13-11(15)10(14)6-7-18(12)13/h2-7H,15H2,1H3. The number of fused-ring (bicyclic) bond motifs is 1. The number of nitrogens with two attached hydrogens (primary N) is 1. The number of anilines is 1. The van der Waals surface area contributed by atoms with Crippen LogP contribution >= 0.6 is 11.6 Å². The normalized spacial score (nSPS) is 10.8. The predicted molar refractivity (Wildman–Crippen MR) is 74.4 cm³/mol. The van der Waals surface area contributed by atoms with Crippen LogP contribution in [0.3, 0.4) is 0 Å². The largest absolute Gasteiger partial charge is 0.497 e. The predicted octanol–water partition coefficient (Wildman–Crippen LogP) is 2.64. The van der Waals surface area contributed by atoms with Gasteiger partial charge in [0.05, 0.1) is 17.8 Å². The van der Waals surface area contributed by atoms with Crippen molar-refractivity contribution in [3.63, 3.8) is 0 Å². The van der Waals surface area contributed by atoms with Gasteiger partial charge >= 0.3 is 0 Å². The number of pyridine rings is 1. The lowest BCUT2D eigenvalue weighted by atomic mass is 10.2. The van der Waals surface area contributed by atoms with E-state index in [1.807, 2.05) is 28.7 Å². The van der Waals surface area contributed by atoms with E-state index in [2.05, 4.69) is 10.2 Å². The maximum Gasteiger partial charge on any atom is 0.185 e. The van der Waals surface area contributed by atoms with Gasteiger partial charge in [-0.25, -0.2) is 0 Å². The number of nitrogen functional groups attached to an aromatic ring is 1. The van der Waals surface area contributed by atoms with Gasteiger partial charge in [-0.1, -0.05) is 11.6 Å². The quantitative estimate of drug-likeness (QED) is 0.780. The number of methoxy groups -OCH3 is 1. The van der Waals surface area contributed by atoms with Crippen molar-refractivity contribution in [1.82, 2.24) is 14.6 Å². The molecular weight excluding hydrogens is 264 g/mol. The molecule has 1 aromatic carbocycles. The van der Waals surface area contributed by atoms with E-state index in [4.69, 9.17) is 22.1 Å². The summed E-state index contributed by atoms with van der Waals surface area (Å²) in [7, 11) is 1.63. The molecule has 0 fully saturated rings. The van der Waals surface area contributed by atoms with E-state index in [9.17, 15) is 0 Å². The summed E-state index contributed by atoms with van der Waals surface area (Å²) in [5, 5.41) is 8.70. The average molecular weight is 275 g/mol. The molecule has 0 radical (unpaired) electrons. The van der Waals surface area contributed by atoms with Crippen molar-refractivity contribution >= 4 is 22.9 Å². The van der Waals surface area contributed by atoms with Gasteiger partial charge in [0, 0.05) is 11.8 Å². The number of ether oxygens (including phenoxy) is 1. The Morgan fingerprint density at radius 3 is 2.58 bits per heavy atom. The fourth-order valence-corrected chi connectivity index (χ4v) is 2.03. The Hall–Kier alpha value is -2.27. The number of rotatable bonds is 2. The first-order chi connectivity index (χ1) is 9.20. The van der Waals surface area contributed by atoms with E-state index in [1.165, 1.54) is 0 Å². The summed E-state index contributed by atoms with van der Waals surface area (Å²) in [5.41, 5.74) is 7.79. The first kappa shape index (κ1) is 11.8. The zero-order valence-electron chi connectivity index (χ0n) is 10.2. The van der Waals surface area contributed by atoms with Gasteiger partial charge in [-0.2, -0.15) is 0 Å². The van der Waals surface area contributed by atoms with E-state index in [0.29, 0.717) is 22.2 Å². The summed E-state index contributed by atoms with van der Waals surface area (Å²) in [5.74, 6) is 1.50. The van der Waals surface area contributed by atoms with Crippen LogP contribution in [0.4, 0.5) is 5.69 Å². The van der Waals surface area contributed by atoms with E-state index in [1.54, 1.807) is 19.4 Å². The minimum Gasteiger partial charge on any atom is -0.497 e. The van der Waals surface area contributed by atoms with Crippen molar-refractivity contribution in [3.8, 4) is 17.1 Å². The molecule has 19 heavy (non-hydrogen) atoms. The molecule has 0 atom stereocenters. The number of aromatic nitrogens is 3. The third-order valence-electron chi connectivity index (χ3n) is 2.91. The summed E-state index contributed by atoms with van der Waals surface area (Å²) in [6.07, 6.45) is 1.80. The lowest BCUT2D eigenvalue weighted by Gasteiger charge is -2.04. The molecule has 0 amide bonds. The van der Waals surface area contributed by atoms with Gasteiger partial charge in [0.15, 0.2) is 11.5 Å². The molecule has 2 aromatic heterocycles. The molecule has 96 valence electrons. The van der Waals surface area contributed by atoms with E-state index in [0.717, 1.165) is 11.3 Å². The van der Waals surface area contributed by atoms with Crippen molar-refractivity contribution < 1.29 is 4.74 Å². The third kappa shape index (κ3) is 1.88.